The van der Waals surface area contributed by atoms with Crippen molar-refractivity contribution in [1.82, 2.24) is 14.9 Å². The van der Waals surface area contributed by atoms with Gasteiger partial charge in [-0.25, -0.2) is 0 Å². The summed E-state index contributed by atoms with van der Waals surface area (Å²) in [6, 6.07) is 9.15. The summed E-state index contributed by atoms with van der Waals surface area (Å²) < 4.78 is 5.39. The van der Waals surface area contributed by atoms with Crippen molar-refractivity contribution in [3.05, 3.63) is 64.3 Å². The average Bonchev–Trinajstić information content (AvgIpc) is 2.57. The zero-order valence-electron chi connectivity index (χ0n) is 12.3. The number of rotatable bonds is 4. The first-order valence-corrected chi connectivity index (χ1v) is 6.77. The van der Waals surface area contributed by atoms with Gasteiger partial charge >= 0.3 is 5.56 Å². The molecule has 0 aliphatic carbocycles. The highest BCUT2D eigenvalue weighted by molar-refractivity contribution is 5.89. The highest BCUT2D eigenvalue weighted by Crippen LogP contribution is 2.26. The van der Waals surface area contributed by atoms with Gasteiger partial charge in [-0.3, -0.25) is 9.78 Å². The van der Waals surface area contributed by atoms with Crippen LogP contribution in [0, 0.1) is 0 Å². The van der Waals surface area contributed by atoms with Gasteiger partial charge in [0.05, 0.1) is 23.6 Å². The third kappa shape index (κ3) is 2.39. The van der Waals surface area contributed by atoms with Crippen molar-refractivity contribution in [2.24, 2.45) is 0 Å². The van der Waals surface area contributed by atoms with Crippen molar-refractivity contribution >= 4 is 10.8 Å². The van der Waals surface area contributed by atoms with Gasteiger partial charge in [0, 0.05) is 18.8 Å². The number of hydrogen-bond donors (Lipinski definition) is 0. The van der Waals surface area contributed by atoms with Crippen LogP contribution in [-0.2, 0) is 6.42 Å². The number of ether oxygens (including phenoxy) is 1. The van der Waals surface area contributed by atoms with Crippen LogP contribution in [0.4, 0.5) is 0 Å². The van der Waals surface area contributed by atoms with Gasteiger partial charge in [-0.2, -0.15) is 0 Å². The highest BCUT2D eigenvalue weighted by atomic mass is 16.7. The van der Waals surface area contributed by atoms with Crippen molar-refractivity contribution in [2.75, 3.05) is 14.2 Å². The van der Waals surface area contributed by atoms with E-state index in [1.807, 2.05) is 18.2 Å². The number of aromatic nitrogens is 3. The van der Waals surface area contributed by atoms with E-state index >= 15 is 0 Å². The van der Waals surface area contributed by atoms with E-state index in [4.69, 9.17) is 9.57 Å². The maximum Gasteiger partial charge on any atom is 0.311 e. The van der Waals surface area contributed by atoms with Crippen molar-refractivity contribution in [2.45, 2.75) is 6.42 Å². The van der Waals surface area contributed by atoms with Crippen LogP contribution in [-0.4, -0.2) is 29.1 Å². The maximum atomic E-state index is 12.3. The second-order valence-electron chi connectivity index (χ2n) is 4.72. The Kier molecular flexibility index (Phi) is 3.74. The van der Waals surface area contributed by atoms with Crippen molar-refractivity contribution in [3.8, 4) is 5.75 Å². The fraction of sp³-hybridized carbons (Fsp3) is 0.188. The summed E-state index contributed by atoms with van der Waals surface area (Å²) in [5.41, 5.74) is 1.44. The molecule has 22 heavy (non-hydrogen) atoms. The number of fused-ring (bicyclic) bond motifs is 1. The third-order valence-electron chi connectivity index (χ3n) is 3.44. The molecule has 0 radical (unpaired) electrons. The Balaban J connectivity index is 2.27. The summed E-state index contributed by atoms with van der Waals surface area (Å²) >= 11 is 0. The minimum atomic E-state index is -0.310. The number of methoxy groups -OCH3 is 1. The molecule has 3 aromatic rings. The quantitative estimate of drug-likeness (QED) is 0.729. The zero-order chi connectivity index (χ0) is 15.5. The summed E-state index contributed by atoms with van der Waals surface area (Å²) in [6.45, 7) is 0. The molecule has 0 fully saturated rings. The van der Waals surface area contributed by atoms with Crippen LogP contribution in [0.15, 0.2) is 47.5 Å². The fourth-order valence-electron chi connectivity index (χ4n) is 2.43. The lowest BCUT2D eigenvalue weighted by Gasteiger charge is -2.12. The van der Waals surface area contributed by atoms with E-state index in [0.717, 1.165) is 10.4 Å². The summed E-state index contributed by atoms with van der Waals surface area (Å²) in [7, 11) is 2.99. The van der Waals surface area contributed by atoms with E-state index in [1.165, 1.54) is 7.11 Å². The van der Waals surface area contributed by atoms with Gasteiger partial charge < -0.3 is 9.57 Å². The van der Waals surface area contributed by atoms with Crippen LogP contribution < -0.4 is 15.1 Å². The first-order valence-electron chi connectivity index (χ1n) is 6.77. The summed E-state index contributed by atoms with van der Waals surface area (Å²) in [5, 5.41) is 5.53. The molecule has 6 heteroatoms. The molecule has 3 rings (SSSR count). The molecule has 0 unspecified atom stereocenters. The molecule has 0 aliphatic heterocycles. The number of benzene rings is 1. The highest BCUT2D eigenvalue weighted by Gasteiger charge is 2.15. The third-order valence-corrected chi connectivity index (χ3v) is 3.44. The van der Waals surface area contributed by atoms with Crippen LogP contribution in [0.25, 0.3) is 10.8 Å². The topological polar surface area (TPSA) is 66.2 Å². The molecule has 0 aliphatic rings. The lowest BCUT2D eigenvalue weighted by molar-refractivity contribution is 0.121. The molecule has 0 bridgehead atoms. The first-order chi connectivity index (χ1) is 10.7. The Hall–Kier alpha value is -2.89. The second kappa shape index (κ2) is 5.85. The average molecular weight is 297 g/mol. The van der Waals surface area contributed by atoms with E-state index in [-0.39, 0.29) is 5.56 Å². The molecule has 2 aromatic heterocycles. The molecule has 0 spiro atoms. The molecular formula is C16H15N3O3. The molecule has 1 aromatic carbocycles. The van der Waals surface area contributed by atoms with E-state index < -0.39 is 0 Å². The van der Waals surface area contributed by atoms with Gasteiger partial charge in [0.2, 0.25) is 0 Å². The Morgan fingerprint density at radius 1 is 1.14 bits per heavy atom. The van der Waals surface area contributed by atoms with Crippen molar-refractivity contribution in [1.29, 1.82) is 0 Å². The van der Waals surface area contributed by atoms with Gasteiger partial charge in [0.1, 0.15) is 12.9 Å². The van der Waals surface area contributed by atoms with Crippen molar-refractivity contribution in [3.63, 3.8) is 0 Å². The normalized spacial score (nSPS) is 10.6. The molecule has 6 nitrogen and oxygen atoms in total. The molecule has 0 saturated carbocycles. The van der Waals surface area contributed by atoms with Crippen LogP contribution in [0.1, 0.15) is 11.3 Å². The van der Waals surface area contributed by atoms with E-state index in [2.05, 4.69) is 10.1 Å². The van der Waals surface area contributed by atoms with Crippen LogP contribution in [0.3, 0.4) is 0 Å². The van der Waals surface area contributed by atoms with Crippen LogP contribution >= 0.6 is 0 Å². The van der Waals surface area contributed by atoms with Gasteiger partial charge in [0.15, 0.2) is 0 Å². The minimum Gasteiger partial charge on any atom is -0.496 e. The molecule has 0 saturated heterocycles. The SMILES string of the molecule is COc1cccc2c(=O)n(OC)nc(Cc3ccncc3)c12. The number of hydrogen-bond acceptors (Lipinski definition) is 5. The van der Waals surface area contributed by atoms with Gasteiger partial charge in [-0.05, 0) is 29.8 Å². The molecule has 0 N–H and O–H groups in total. The maximum absolute atomic E-state index is 12.3. The molecule has 112 valence electrons. The Bertz CT molecular complexity index is 860. The zero-order valence-corrected chi connectivity index (χ0v) is 12.3. The first kappa shape index (κ1) is 14.1. The number of pyridine rings is 1. The fourth-order valence-corrected chi connectivity index (χ4v) is 2.43. The largest absolute Gasteiger partial charge is 0.496 e. The van der Waals surface area contributed by atoms with Crippen molar-refractivity contribution < 1.29 is 9.57 Å². The Morgan fingerprint density at radius 3 is 2.59 bits per heavy atom. The lowest BCUT2D eigenvalue weighted by Crippen LogP contribution is -2.29. The smallest absolute Gasteiger partial charge is 0.311 e. The predicted molar refractivity (Wildman–Crippen MR) is 82.1 cm³/mol. The molecule has 0 amide bonds. The summed E-state index contributed by atoms with van der Waals surface area (Å²) in [5.74, 6) is 0.620. The minimum absolute atomic E-state index is 0.310. The number of nitrogens with zero attached hydrogens (tertiary/aromatic N) is 3. The predicted octanol–water partition coefficient (Wildman–Crippen LogP) is 1.45. The standard InChI is InChI=1S/C16H15N3O3/c1-21-14-5-3-4-12-15(14)13(18-19(22-2)16(12)20)10-11-6-8-17-9-7-11/h3-9H,10H2,1-2H3. The molecule has 0 atom stereocenters. The summed E-state index contributed by atoms with van der Waals surface area (Å²) in [6.07, 6.45) is 3.99. The Morgan fingerprint density at radius 2 is 1.91 bits per heavy atom. The van der Waals surface area contributed by atoms with E-state index in [1.54, 1.807) is 31.6 Å². The van der Waals surface area contributed by atoms with Gasteiger partial charge in [-0.1, -0.05) is 10.9 Å². The van der Waals surface area contributed by atoms with E-state index in [9.17, 15) is 4.79 Å². The van der Waals surface area contributed by atoms with Gasteiger partial charge in [0.25, 0.3) is 0 Å². The van der Waals surface area contributed by atoms with Crippen LogP contribution in [0.5, 0.6) is 5.75 Å². The lowest BCUT2D eigenvalue weighted by atomic mass is 10.0. The Labute approximate surface area is 126 Å². The van der Waals surface area contributed by atoms with E-state index in [0.29, 0.717) is 28.6 Å². The van der Waals surface area contributed by atoms with Gasteiger partial charge in [-0.15, -0.1) is 5.10 Å². The summed E-state index contributed by atoms with van der Waals surface area (Å²) in [4.78, 5) is 22.4. The van der Waals surface area contributed by atoms with Crippen LogP contribution in [0.2, 0.25) is 0 Å². The monoisotopic (exact) mass is 297 g/mol. The molecular weight excluding hydrogens is 282 g/mol. The second-order valence-corrected chi connectivity index (χ2v) is 4.72. The molecule has 2 heterocycles.